The van der Waals surface area contributed by atoms with Gasteiger partial charge in [-0.25, -0.2) is 4.98 Å². The number of rotatable bonds is 8. The maximum Gasteiger partial charge on any atom is 0.373 e. The first-order valence-corrected chi connectivity index (χ1v) is 8.95. The maximum absolute atomic E-state index is 11.6. The van der Waals surface area contributed by atoms with Gasteiger partial charge < -0.3 is 19.7 Å². The van der Waals surface area contributed by atoms with Crippen LogP contribution in [0.25, 0.3) is 0 Å². The summed E-state index contributed by atoms with van der Waals surface area (Å²) >= 11 is 0. The van der Waals surface area contributed by atoms with E-state index in [1.165, 1.54) is 25.6 Å². The Labute approximate surface area is 157 Å². The molecule has 3 rings (SSSR count). The summed E-state index contributed by atoms with van der Waals surface area (Å²) in [6.45, 7) is 3.52. The van der Waals surface area contributed by atoms with E-state index in [1.807, 2.05) is 0 Å². The van der Waals surface area contributed by atoms with Crippen LogP contribution in [0.5, 0.6) is 17.4 Å². The smallest absolute Gasteiger partial charge is 0.373 e. The normalized spacial score (nSPS) is 14.6. The minimum atomic E-state index is -0.526. The topological polar surface area (TPSA) is 103 Å². The van der Waals surface area contributed by atoms with Gasteiger partial charge in [0.15, 0.2) is 0 Å². The van der Waals surface area contributed by atoms with Crippen LogP contribution in [0.4, 0.5) is 11.5 Å². The standard InChI is InChI=1S/C18H23N5O4/c1-26-14-5-7-15(8-6-14)27-18-16(23(24)25)17(20-13-21-18)19-9-12-22-10-3-2-4-11-22/h5-8,13H,2-4,9-12H2,1H3,(H,19,20,21). The van der Waals surface area contributed by atoms with Gasteiger partial charge in [0.25, 0.3) is 0 Å². The average molecular weight is 373 g/mol. The molecule has 0 atom stereocenters. The minimum Gasteiger partial charge on any atom is -0.497 e. The number of methoxy groups -OCH3 is 1. The molecule has 2 heterocycles. The monoisotopic (exact) mass is 373 g/mol. The zero-order valence-electron chi connectivity index (χ0n) is 15.3. The predicted molar refractivity (Wildman–Crippen MR) is 101 cm³/mol. The van der Waals surface area contributed by atoms with E-state index >= 15 is 0 Å². The Kier molecular flexibility index (Phi) is 6.37. The number of likely N-dealkylation sites (tertiary alicyclic amines) is 1. The second-order valence-electron chi connectivity index (χ2n) is 6.24. The van der Waals surface area contributed by atoms with Crippen LogP contribution in [0.3, 0.4) is 0 Å². The van der Waals surface area contributed by atoms with E-state index in [2.05, 4.69) is 20.2 Å². The van der Waals surface area contributed by atoms with Gasteiger partial charge in [-0.2, -0.15) is 4.98 Å². The number of nitro groups is 1. The third kappa shape index (κ3) is 5.04. The largest absolute Gasteiger partial charge is 0.497 e. The summed E-state index contributed by atoms with van der Waals surface area (Å²) in [6, 6.07) is 6.74. The summed E-state index contributed by atoms with van der Waals surface area (Å²) in [7, 11) is 1.56. The molecule has 2 aromatic rings. The van der Waals surface area contributed by atoms with E-state index in [0.717, 1.165) is 19.6 Å². The van der Waals surface area contributed by atoms with Crippen molar-refractivity contribution in [2.45, 2.75) is 19.3 Å². The molecule has 1 aliphatic rings. The van der Waals surface area contributed by atoms with Crippen LogP contribution in [0.15, 0.2) is 30.6 Å². The van der Waals surface area contributed by atoms with Crippen molar-refractivity contribution >= 4 is 11.5 Å². The lowest BCUT2D eigenvalue weighted by molar-refractivity contribution is -0.385. The second-order valence-corrected chi connectivity index (χ2v) is 6.24. The fourth-order valence-corrected chi connectivity index (χ4v) is 3.00. The van der Waals surface area contributed by atoms with Crippen molar-refractivity contribution in [3.8, 4) is 17.4 Å². The Morgan fingerprint density at radius 2 is 1.85 bits per heavy atom. The third-order valence-electron chi connectivity index (χ3n) is 4.41. The Morgan fingerprint density at radius 3 is 2.52 bits per heavy atom. The molecule has 9 nitrogen and oxygen atoms in total. The molecule has 144 valence electrons. The van der Waals surface area contributed by atoms with Gasteiger partial charge in [0, 0.05) is 13.1 Å². The quantitative estimate of drug-likeness (QED) is 0.556. The van der Waals surface area contributed by atoms with E-state index in [9.17, 15) is 10.1 Å². The van der Waals surface area contributed by atoms with E-state index in [4.69, 9.17) is 9.47 Å². The molecule has 27 heavy (non-hydrogen) atoms. The number of aromatic nitrogens is 2. The van der Waals surface area contributed by atoms with Crippen molar-refractivity contribution in [2.24, 2.45) is 0 Å². The first-order valence-electron chi connectivity index (χ1n) is 8.95. The first-order chi connectivity index (χ1) is 13.2. The molecular formula is C18H23N5O4. The highest BCUT2D eigenvalue weighted by Gasteiger charge is 2.25. The van der Waals surface area contributed by atoms with E-state index < -0.39 is 4.92 Å². The van der Waals surface area contributed by atoms with Crippen LogP contribution in [-0.4, -0.2) is 53.1 Å². The molecule has 1 aromatic carbocycles. The highest BCUT2D eigenvalue weighted by molar-refractivity contribution is 5.61. The van der Waals surface area contributed by atoms with Gasteiger partial charge in [-0.3, -0.25) is 10.1 Å². The van der Waals surface area contributed by atoms with Gasteiger partial charge in [0.2, 0.25) is 5.82 Å². The van der Waals surface area contributed by atoms with Crippen molar-refractivity contribution in [3.05, 3.63) is 40.7 Å². The Hall–Kier alpha value is -2.94. The molecule has 1 N–H and O–H groups in total. The lowest BCUT2D eigenvalue weighted by Crippen LogP contribution is -2.33. The molecule has 0 radical (unpaired) electrons. The Bertz CT molecular complexity index is 763. The first kappa shape index (κ1) is 18.8. The summed E-state index contributed by atoms with van der Waals surface area (Å²) in [4.78, 5) is 21.4. The molecule has 0 saturated carbocycles. The van der Waals surface area contributed by atoms with E-state index in [0.29, 0.717) is 18.0 Å². The number of anilines is 1. The van der Waals surface area contributed by atoms with Crippen LogP contribution >= 0.6 is 0 Å². The van der Waals surface area contributed by atoms with Crippen LogP contribution in [0.2, 0.25) is 0 Å². The number of benzene rings is 1. The van der Waals surface area contributed by atoms with Crippen molar-refractivity contribution < 1.29 is 14.4 Å². The Morgan fingerprint density at radius 1 is 1.15 bits per heavy atom. The molecule has 1 fully saturated rings. The van der Waals surface area contributed by atoms with Gasteiger partial charge in [-0.1, -0.05) is 6.42 Å². The van der Waals surface area contributed by atoms with E-state index in [1.54, 1.807) is 31.4 Å². The predicted octanol–water partition coefficient (Wildman–Crippen LogP) is 3.08. The molecule has 1 saturated heterocycles. The highest BCUT2D eigenvalue weighted by atomic mass is 16.6. The van der Waals surface area contributed by atoms with Gasteiger partial charge in [0.1, 0.15) is 17.8 Å². The van der Waals surface area contributed by atoms with Crippen molar-refractivity contribution in [3.63, 3.8) is 0 Å². The molecule has 0 bridgehead atoms. The zero-order chi connectivity index (χ0) is 19.1. The fraction of sp³-hybridized carbons (Fsp3) is 0.444. The Balaban J connectivity index is 1.70. The summed E-state index contributed by atoms with van der Waals surface area (Å²) < 4.78 is 10.7. The molecular weight excluding hydrogens is 350 g/mol. The number of nitrogens with zero attached hydrogens (tertiary/aromatic N) is 4. The molecule has 0 amide bonds. The van der Waals surface area contributed by atoms with E-state index in [-0.39, 0.29) is 17.4 Å². The summed E-state index contributed by atoms with van der Waals surface area (Å²) in [5.41, 5.74) is -0.271. The molecule has 0 unspecified atom stereocenters. The van der Waals surface area contributed by atoms with Crippen molar-refractivity contribution in [1.29, 1.82) is 0 Å². The summed E-state index contributed by atoms with van der Waals surface area (Å²) in [5, 5.41) is 14.6. The zero-order valence-corrected chi connectivity index (χ0v) is 15.3. The second kappa shape index (κ2) is 9.13. The lowest BCUT2D eigenvalue weighted by atomic mass is 10.1. The number of nitrogens with one attached hydrogen (secondary N) is 1. The minimum absolute atomic E-state index is 0.0966. The van der Waals surface area contributed by atoms with Crippen LogP contribution in [-0.2, 0) is 0 Å². The SMILES string of the molecule is COc1ccc(Oc2ncnc(NCCN3CCCCC3)c2[N+](=O)[O-])cc1. The molecule has 0 aliphatic carbocycles. The molecule has 0 spiro atoms. The maximum atomic E-state index is 11.6. The molecule has 1 aliphatic heterocycles. The van der Waals surface area contributed by atoms with Gasteiger partial charge in [0.05, 0.1) is 12.0 Å². The van der Waals surface area contributed by atoms with Gasteiger partial charge >= 0.3 is 11.6 Å². The molecule has 9 heteroatoms. The van der Waals surface area contributed by atoms with Crippen LogP contribution in [0, 0.1) is 10.1 Å². The van der Waals surface area contributed by atoms with Crippen LogP contribution in [0.1, 0.15) is 19.3 Å². The van der Waals surface area contributed by atoms with Crippen molar-refractivity contribution in [2.75, 3.05) is 38.6 Å². The van der Waals surface area contributed by atoms with Crippen molar-refractivity contribution in [1.82, 2.24) is 14.9 Å². The number of hydrogen-bond donors (Lipinski definition) is 1. The van der Waals surface area contributed by atoms with Gasteiger partial charge in [-0.05, 0) is 50.2 Å². The fourth-order valence-electron chi connectivity index (χ4n) is 3.00. The number of piperidine rings is 1. The van der Waals surface area contributed by atoms with Crippen LogP contribution < -0.4 is 14.8 Å². The summed E-state index contributed by atoms with van der Waals surface area (Å²) in [5.74, 6) is 1.16. The third-order valence-corrected chi connectivity index (χ3v) is 4.41. The average Bonchev–Trinajstić information content (AvgIpc) is 2.69. The lowest BCUT2D eigenvalue weighted by Gasteiger charge is -2.26. The highest BCUT2D eigenvalue weighted by Crippen LogP contribution is 2.34. The summed E-state index contributed by atoms with van der Waals surface area (Å²) in [6.07, 6.45) is 4.93. The number of hydrogen-bond acceptors (Lipinski definition) is 8. The number of ether oxygens (including phenoxy) is 2. The molecule has 1 aromatic heterocycles. The van der Waals surface area contributed by atoms with Gasteiger partial charge in [-0.15, -0.1) is 0 Å².